The molecule has 0 saturated carbocycles. The van der Waals surface area contributed by atoms with Crippen LogP contribution in [-0.2, 0) is 0 Å². The molecule has 10 aromatic rings. The smallest absolute Gasteiger partial charge is 0.0894 e. The predicted molar refractivity (Wildman–Crippen MR) is 199 cm³/mol. The molecule has 0 aliphatic rings. The lowest BCUT2D eigenvalue weighted by molar-refractivity contribution is 1.15. The first-order valence-electron chi connectivity index (χ1n) is 16.3. The van der Waals surface area contributed by atoms with Crippen LogP contribution in [0.1, 0.15) is 0 Å². The minimum Gasteiger partial charge on any atom is -0.307 e. The molecule has 0 spiro atoms. The standard InChI is InChI=1S/C44H28N4/c1-2-11-29(12-3-1)30-21-23-32(24-22-30)47-41-19-8-4-15-34(41)36-25-26-37-35-16-5-9-20-42(35)48(44(37)43(36)47)33-14-10-13-31(27-33)40-28-45-38-17-6-7-18-39(38)46-40/h1-28H. The van der Waals surface area contributed by atoms with Gasteiger partial charge in [-0.3, -0.25) is 4.98 Å². The number of rotatable bonds is 4. The average molecular weight is 613 g/mol. The summed E-state index contributed by atoms with van der Waals surface area (Å²) in [6.07, 6.45) is 1.88. The summed E-state index contributed by atoms with van der Waals surface area (Å²) in [5.41, 5.74) is 13.0. The van der Waals surface area contributed by atoms with Gasteiger partial charge in [0.1, 0.15) is 0 Å². The lowest BCUT2D eigenvalue weighted by Gasteiger charge is -2.14. The van der Waals surface area contributed by atoms with Crippen molar-refractivity contribution in [2.45, 2.75) is 0 Å². The molecule has 224 valence electrons. The first-order chi connectivity index (χ1) is 23.8. The van der Waals surface area contributed by atoms with Crippen LogP contribution in [0.25, 0.3) is 88.4 Å². The molecule has 48 heavy (non-hydrogen) atoms. The Bertz CT molecular complexity index is 2820. The highest BCUT2D eigenvalue weighted by atomic mass is 15.0. The van der Waals surface area contributed by atoms with E-state index in [9.17, 15) is 0 Å². The van der Waals surface area contributed by atoms with Crippen molar-refractivity contribution in [3.8, 4) is 33.8 Å². The Balaban J connectivity index is 1.27. The van der Waals surface area contributed by atoms with Crippen LogP contribution in [0.3, 0.4) is 0 Å². The van der Waals surface area contributed by atoms with E-state index >= 15 is 0 Å². The molecule has 0 aliphatic carbocycles. The fourth-order valence-corrected chi connectivity index (χ4v) is 7.37. The number of hydrogen-bond acceptors (Lipinski definition) is 2. The summed E-state index contributed by atoms with van der Waals surface area (Å²) in [6.45, 7) is 0. The molecule has 0 radical (unpaired) electrons. The van der Waals surface area contributed by atoms with Crippen molar-refractivity contribution < 1.29 is 0 Å². The molecule has 0 bridgehead atoms. The third kappa shape index (κ3) is 4.03. The maximum atomic E-state index is 4.98. The Morgan fingerprint density at radius 3 is 1.65 bits per heavy atom. The fourth-order valence-electron chi connectivity index (χ4n) is 7.37. The molecule has 4 nitrogen and oxygen atoms in total. The van der Waals surface area contributed by atoms with Crippen LogP contribution < -0.4 is 0 Å². The molecule has 3 heterocycles. The van der Waals surface area contributed by atoms with Gasteiger partial charge in [0, 0.05) is 38.5 Å². The zero-order valence-electron chi connectivity index (χ0n) is 26.0. The van der Waals surface area contributed by atoms with Gasteiger partial charge in [-0.25, -0.2) is 4.98 Å². The van der Waals surface area contributed by atoms with Crippen LogP contribution in [0, 0.1) is 0 Å². The van der Waals surface area contributed by atoms with Crippen molar-refractivity contribution in [2.75, 3.05) is 0 Å². The minimum atomic E-state index is 0.856. The highest BCUT2D eigenvalue weighted by molar-refractivity contribution is 6.23. The van der Waals surface area contributed by atoms with E-state index in [2.05, 4.69) is 149 Å². The molecule has 4 heteroatoms. The Hall–Kier alpha value is -6.52. The van der Waals surface area contributed by atoms with E-state index in [4.69, 9.17) is 9.97 Å². The minimum absolute atomic E-state index is 0.856. The molecule has 0 amide bonds. The van der Waals surface area contributed by atoms with Gasteiger partial charge >= 0.3 is 0 Å². The molecule has 10 rings (SSSR count). The number of fused-ring (bicyclic) bond motifs is 8. The number of para-hydroxylation sites is 4. The quantitative estimate of drug-likeness (QED) is 0.198. The Morgan fingerprint density at radius 1 is 0.375 bits per heavy atom. The molecule has 0 unspecified atom stereocenters. The summed E-state index contributed by atoms with van der Waals surface area (Å²) in [4.78, 5) is 9.69. The van der Waals surface area contributed by atoms with Crippen molar-refractivity contribution >= 4 is 54.6 Å². The first kappa shape index (κ1) is 26.7. The van der Waals surface area contributed by atoms with Gasteiger partial charge in [0.15, 0.2) is 0 Å². The summed E-state index contributed by atoms with van der Waals surface area (Å²) >= 11 is 0. The lowest BCUT2D eigenvalue weighted by atomic mass is 10.1. The molecule has 7 aromatic carbocycles. The largest absolute Gasteiger partial charge is 0.307 e. The second kappa shape index (κ2) is 10.5. The van der Waals surface area contributed by atoms with E-state index in [0.29, 0.717) is 0 Å². The van der Waals surface area contributed by atoms with Crippen molar-refractivity contribution in [2.24, 2.45) is 0 Å². The predicted octanol–water partition coefficient (Wildman–Crippen LogP) is 11.2. The average Bonchev–Trinajstić information content (AvgIpc) is 3.68. The number of hydrogen-bond donors (Lipinski definition) is 0. The van der Waals surface area contributed by atoms with E-state index in [0.717, 1.165) is 39.2 Å². The molecule has 0 aliphatic heterocycles. The molecular weight excluding hydrogens is 585 g/mol. The number of nitrogens with zero attached hydrogens (tertiary/aromatic N) is 4. The van der Waals surface area contributed by atoms with Gasteiger partial charge in [0.05, 0.1) is 45.0 Å². The zero-order valence-corrected chi connectivity index (χ0v) is 26.0. The van der Waals surface area contributed by atoms with Gasteiger partial charge < -0.3 is 9.13 Å². The maximum absolute atomic E-state index is 4.98. The Kier molecular flexibility index (Phi) is 5.84. The van der Waals surface area contributed by atoms with Gasteiger partial charge in [-0.2, -0.15) is 0 Å². The highest BCUT2D eigenvalue weighted by Crippen LogP contribution is 2.42. The fraction of sp³-hybridized carbons (Fsp3) is 0. The summed E-state index contributed by atoms with van der Waals surface area (Å²) in [6, 6.07) is 58.3. The van der Waals surface area contributed by atoms with Gasteiger partial charge in [0.2, 0.25) is 0 Å². The SMILES string of the molecule is c1ccc(-c2ccc(-n3c4ccccc4c4ccc5c6ccccc6n(-c6cccc(-c7cnc8ccccc8n7)c6)c5c43)cc2)cc1. The summed E-state index contributed by atoms with van der Waals surface area (Å²) in [5, 5.41) is 4.91. The van der Waals surface area contributed by atoms with Crippen LogP contribution in [0.2, 0.25) is 0 Å². The normalized spacial score (nSPS) is 11.8. The number of aromatic nitrogens is 4. The van der Waals surface area contributed by atoms with Gasteiger partial charge in [-0.1, -0.05) is 115 Å². The second-order valence-electron chi connectivity index (χ2n) is 12.3. The molecule has 0 atom stereocenters. The molecule has 0 saturated heterocycles. The van der Waals surface area contributed by atoms with E-state index in [1.807, 2.05) is 30.5 Å². The molecule has 0 fully saturated rings. The van der Waals surface area contributed by atoms with Crippen molar-refractivity contribution in [1.82, 2.24) is 19.1 Å². The number of benzene rings is 7. The Labute approximate surface area is 276 Å². The van der Waals surface area contributed by atoms with Crippen LogP contribution in [0.5, 0.6) is 0 Å². The lowest BCUT2D eigenvalue weighted by Crippen LogP contribution is -1.99. The van der Waals surface area contributed by atoms with Crippen molar-refractivity contribution in [1.29, 1.82) is 0 Å². The van der Waals surface area contributed by atoms with Gasteiger partial charge in [0.25, 0.3) is 0 Å². The highest BCUT2D eigenvalue weighted by Gasteiger charge is 2.21. The summed E-state index contributed by atoms with van der Waals surface area (Å²) in [5.74, 6) is 0. The maximum Gasteiger partial charge on any atom is 0.0894 e. The molecule has 3 aromatic heterocycles. The van der Waals surface area contributed by atoms with Crippen molar-refractivity contribution in [3.63, 3.8) is 0 Å². The van der Waals surface area contributed by atoms with Gasteiger partial charge in [-0.05, 0) is 59.7 Å². The van der Waals surface area contributed by atoms with E-state index in [1.54, 1.807) is 0 Å². The summed E-state index contributed by atoms with van der Waals surface area (Å²) in [7, 11) is 0. The van der Waals surface area contributed by atoms with Crippen LogP contribution in [0.15, 0.2) is 170 Å². The zero-order chi connectivity index (χ0) is 31.6. The van der Waals surface area contributed by atoms with E-state index in [-0.39, 0.29) is 0 Å². The third-order valence-electron chi connectivity index (χ3n) is 9.55. The second-order valence-corrected chi connectivity index (χ2v) is 12.3. The van der Waals surface area contributed by atoms with E-state index < -0.39 is 0 Å². The van der Waals surface area contributed by atoms with Gasteiger partial charge in [-0.15, -0.1) is 0 Å². The third-order valence-corrected chi connectivity index (χ3v) is 9.55. The van der Waals surface area contributed by atoms with Crippen molar-refractivity contribution in [3.05, 3.63) is 170 Å². The first-order valence-corrected chi connectivity index (χ1v) is 16.3. The monoisotopic (exact) mass is 612 g/mol. The van der Waals surface area contributed by atoms with Crippen LogP contribution in [-0.4, -0.2) is 19.1 Å². The summed E-state index contributed by atoms with van der Waals surface area (Å²) < 4.78 is 4.87. The van der Waals surface area contributed by atoms with E-state index in [1.165, 1.54) is 49.2 Å². The molecule has 0 N–H and O–H groups in total. The topological polar surface area (TPSA) is 35.6 Å². The van der Waals surface area contributed by atoms with Crippen LogP contribution in [0.4, 0.5) is 0 Å². The molecular formula is C44H28N4. The van der Waals surface area contributed by atoms with Crippen LogP contribution >= 0.6 is 0 Å². The Morgan fingerprint density at radius 2 is 0.938 bits per heavy atom.